The molecule has 0 unspecified atom stereocenters. The minimum Gasteiger partial charge on any atom is -0.398 e. The summed E-state index contributed by atoms with van der Waals surface area (Å²) in [6.45, 7) is 2.67. The van der Waals surface area contributed by atoms with Crippen molar-refractivity contribution in [2.24, 2.45) is 0 Å². The van der Waals surface area contributed by atoms with Crippen LogP contribution in [0.2, 0.25) is 0 Å². The summed E-state index contributed by atoms with van der Waals surface area (Å²) in [6.07, 6.45) is 0.706. The Morgan fingerprint density at radius 1 is 1.35 bits per heavy atom. The minimum atomic E-state index is -0.508. The third-order valence-electron chi connectivity index (χ3n) is 3.59. The van der Waals surface area contributed by atoms with Gasteiger partial charge in [0.05, 0.1) is 0 Å². The Hall–Kier alpha value is -2.11. The molecule has 1 aromatic carbocycles. The summed E-state index contributed by atoms with van der Waals surface area (Å²) in [7, 11) is 1.71. The smallest absolute Gasteiger partial charge is 0.254 e. The van der Waals surface area contributed by atoms with Crippen molar-refractivity contribution >= 4 is 17.5 Å². The lowest BCUT2D eigenvalue weighted by Gasteiger charge is -2.20. The van der Waals surface area contributed by atoms with Crippen molar-refractivity contribution in [2.45, 2.75) is 13.3 Å². The van der Waals surface area contributed by atoms with Crippen LogP contribution >= 0.6 is 0 Å². The molecule has 0 aromatic heterocycles. The average molecular weight is 279 g/mol. The van der Waals surface area contributed by atoms with Crippen LogP contribution in [0.4, 0.5) is 10.1 Å². The van der Waals surface area contributed by atoms with Crippen LogP contribution in [-0.4, -0.2) is 48.3 Å². The van der Waals surface area contributed by atoms with Gasteiger partial charge in [0, 0.05) is 37.0 Å². The molecule has 5 nitrogen and oxygen atoms in total. The van der Waals surface area contributed by atoms with Gasteiger partial charge in [0.25, 0.3) is 5.91 Å². The van der Waals surface area contributed by atoms with Crippen molar-refractivity contribution in [1.29, 1.82) is 0 Å². The number of hydrogen-bond donors (Lipinski definition) is 1. The van der Waals surface area contributed by atoms with E-state index in [0.29, 0.717) is 25.1 Å². The molecule has 1 aliphatic heterocycles. The van der Waals surface area contributed by atoms with Crippen LogP contribution < -0.4 is 5.73 Å². The van der Waals surface area contributed by atoms with Crippen LogP contribution in [0, 0.1) is 12.7 Å². The Morgan fingerprint density at radius 3 is 2.70 bits per heavy atom. The highest BCUT2D eigenvalue weighted by Gasteiger charge is 2.24. The summed E-state index contributed by atoms with van der Waals surface area (Å²) in [6, 6.07) is 2.63. The first kappa shape index (κ1) is 14.3. The molecule has 1 aliphatic rings. The number of benzene rings is 1. The van der Waals surface area contributed by atoms with E-state index in [1.807, 2.05) is 0 Å². The van der Waals surface area contributed by atoms with Crippen molar-refractivity contribution in [2.75, 3.05) is 32.4 Å². The van der Waals surface area contributed by atoms with Crippen LogP contribution in [0.5, 0.6) is 0 Å². The number of amides is 2. The first-order chi connectivity index (χ1) is 9.40. The molecule has 2 N–H and O–H groups in total. The fourth-order valence-electron chi connectivity index (χ4n) is 2.17. The zero-order chi connectivity index (χ0) is 14.9. The first-order valence-electron chi connectivity index (χ1n) is 6.49. The van der Waals surface area contributed by atoms with Crippen LogP contribution in [-0.2, 0) is 4.79 Å². The summed E-state index contributed by atoms with van der Waals surface area (Å²) in [5.41, 5.74) is 6.44. The monoisotopic (exact) mass is 279 g/mol. The van der Waals surface area contributed by atoms with Gasteiger partial charge in [-0.1, -0.05) is 0 Å². The number of carbonyl (C=O) groups is 2. The van der Waals surface area contributed by atoms with Crippen molar-refractivity contribution < 1.29 is 14.0 Å². The number of nitrogens with zero attached hydrogens (tertiary/aromatic N) is 2. The molecule has 6 heteroatoms. The second-order valence-corrected chi connectivity index (χ2v) is 5.07. The number of rotatable bonds is 1. The maximum atomic E-state index is 13.7. The second kappa shape index (κ2) is 5.48. The van der Waals surface area contributed by atoms with Crippen LogP contribution in [0.15, 0.2) is 12.1 Å². The maximum Gasteiger partial charge on any atom is 0.254 e. The standard InChI is InChI=1S/C14H18FN3O2/c1-9-11(15)6-10(7-12(9)16)14(20)18-5-3-4-17(2)13(19)8-18/h6-7H,3-5,8,16H2,1-2H3. The molecule has 20 heavy (non-hydrogen) atoms. The third kappa shape index (κ3) is 2.74. The largest absolute Gasteiger partial charge is 0.398 e. The molecule has 108 valence electrons. The topological polar surface area (TPSA) is 66.6 Å². The van der Waals surface area contributed by atoms with Gasteiger partial charge in [-0.25, -0.2) is 4.39 Å². The van der Waals surface area contributed by atoms with E-state index in [0.717, 1.165) is 0 Å². The van der Waals surface area contributed by atoms with E-state index in [1.165, 1.54) is 17.0 Å². The van der Waals surface area contributed by atoms with Crippen LogP contribution in [0.1, 0.15) is 22.3 Å². The predicted molar refractivity (Wildman–Crippen MR) is 73.7 cm³/mol. The first-order valence-corrected chi connectivity index (χ1v) is 6.49. The van der Waals surface area contributed by atoms with Gasteiger partial charge in [-0.15, -0.1) is 0 Å². The van der Waals surface area contributed by atoms with E-state index in [2.05, 4.69) is 0 Å². The molecule has 1 saturated heterocycles. The number of nitrogens with two attached hydrogens (primary N) is 1. The van der Waals surface area contributed by atoms with E-state index >= 15 is 0 Å². The molecule has 0 spiro atoms. The number of likely N-dealkylation sites (N-methyl/N-ethyl adjacent to an activating group) is 1. The van der Waals surface area contributed by atoms with Crippen molar-refractivity contribution in [3.63, 3.8) is 0 Å². The predicted octanol–water partition coefficient (Wildman–Crippen LogP) is 1.02. The lowest BCUT2D eigenvalue weighted by Crippen LogP contribution is -2.38. The van der Waals surface area contributed by atoms with E-state index in [-0.39, 0.29) is 29.6 Å². The summed E-state index contributed by atoms with van der Waals surface area (Å²) in [4.78, 5) is 27.2. The molecule has 0 bridgehead atoms. The molecule has 1 aromatic rings. The zero-order valence-electron chi connectivity index (χ0n) is 11.6. The number of halogens is 1. The molecule has 0 aliphatic carbocycles. The Kier molecular flexibility index (Phi) is 3.92. The number of carbonyl (C=O) groups excluding carboxylic acids is 2. The van der Waals surface area contributed by atoms with Gasteiger partial charge in [0.2, 0.25) is 5.91 Å². The Labute approximate surface area is 117 Å². The molecule has 0 saturated carbocycles. The molecule has 1 fully saturated rings. The Morgan fingerprint density at radius 2 is 2.05 bits per heavy atom. The number of anilines is 1. The molecular formula is C14H18FN3O2. The molecule has 0 atom stereocenters. The highest BCUT2D eigenvalue weighted by atomic mass is 19.1. The van der Waals surface area contributed by atoms with E-state index in [1.54, 1.807) is 18.9 Å². The highest BCUT2D eigenvalue weighted by molar-refractivity contribution is 5.97. The fraction of sp³-hybridized carbons (Fsp3) is 0.429. The molecule has 1 heterocycles. The van der Waals surface area contributed by atoms with Gasteiger partial charge in [-0.3, -0.25) is 9.59 Å². The van der Waals surface area contributed by atoms with Gasteiger partial charge in [0.15, 0.2) is 0 Å². The van der Waals surface area contributed by atoms with Gasteiger partial charge in [0.1, 0.15) is 12.4 Å². The Bertz CT molecular complexity index is 536. The average Bonchev–Trinajstić information content (AvgIpc) is 2.57. The lowest BCUT2D eigenvalue weighted by atomic mass is 10.1. The van der Waals surface area contributed by atoms with E-state index in [4.69, 9.17) is 5.73 Å². The summed E-state index contributed by atoms with van der Waals surface area (Å²) >= 11 is 0. The van der Waals surface area contributed by atoms with Crippen LogP contribution in [0.3, 0.4) is 0 Å². The SMILES string of the molecule is Cc1c(N)cc(C(=O)N2CCCN(C)C(=O)C2)cc1F. The number of hydrogen-bond acceptors (Lipinski definition) is 3. The number of nitrogen functional groups attached to an aromatic ring is 1. The van der Waals surface area contributed by atoms with Crippen molar-refractivity contribution in [1.82, 2.24) is 9.80 Å². The van der Waals surface area contributed by atoms with Gasteiger partial charge in [-0.2, -0.15) is 0 Å². The summed E-state index contributed by atoms with van der Waals surface area (Å²) in [5, 5.41) is 0. The summed E-state index contributed by atoms with van der Waals surface area (Å²) < 4.78 is 13.7. The maximum absolute atomic E-state index is 13.7. The van der Waals surface area contributed by atoms with E-state index < -0.39 is 5.82 Å². The lowest BCUT2D eigenvalue weighted by molar-refractivity contribution is -0.129. The van der Waals surface area contributed by atoms with Crippen LogP contribution in [0.25, 0.3) is 0 Å². The molecule has 2 rings (SSSR count). The van der Waals surface area contributed by atoms with Gasteiger partial charge < -0.3 is 15.5 Å². The second-order valence-electron chi connectivity index (χ2n) is 5.07. The fourth-order valence-corrected chi connectivity index (χ4v) is 2.17. The summed E-state index contributed by atoms with van der Waals surface area (Å²) in [5.74, 6) is -0.984. The highest BCUT2D eigenvalue weighted by Crippen LogP contribution is 2.19. The Balaban J connectivity index is 2.25. The van der Waals surface area contributed by atoms with Gasteiger partial charge in [-0.05, 0) is 25.5 Å². The van der Waals surface area contributed by atoms with Crippen molar-refractivity contribution in [3.8, 4) is 0 Å². The van der Waals surface area contributed by atoms with Gasteiger partial charge >= 0.3 is 0 Å². The van der Waals surface area contributed by atoms with Crippen molar-refractivity contribution in [3.05, 3.63) is 29.1 Å². The quantitative estimate of drug-likeness (QED) is 0.780. The molecular weight excluding hydrogens is 261 g/mol. The third-order valence-corrected chi connectivity index (χ3v) is 3.59. The zero-order valence-corrected chi connectivity index (χ0v) is 11.6. The van der Waals surface area contributed by atoms with E-state index in [9.17, 15) is 14.0 Å². The molecule has 0 radical (unpaired) electrons. The minimum absolute atomic E-state index is 0.0186. The normalized spacial score (nSPS) is 16.2. The molecule has 2 amide bonds.